The minimum absolute atomic E-state index is 0.00115. The lowest BCUT2D eigenvalue weighted by atomic mass is 9.53. The van der Waals surface area contributed by atoms with E-state index in [9.17, 15) is 13.2 Å². The molecule has 6 rings (SSSR count). The van der Waals surface area contributed by atoms with Crippen LogP contribution in [0.25, 0.3) is 0 Å². The third-order valence-corrected chi connectivity index (χ3v) is 9.31. The molecular weight excluding hydrogens is 408 g/mol. The van der Waals surface area contributed by atoms with Gasteiger partial charge >= 0.3 is 0 Å². The molecule has 0 heterocycles. The summed E-state index contributed by atoms with van der Waals surface area (Å²) >= 11 is 0. The van der Waals surface area contributed by atoms with Crippen molar-refractivity contribution in [1.29, 1.82) is 0 Å². The number of sulfonamides is 1. The summed E-state index contributed by atoms with van der Waals surface area (Å²) in [5.41, 5.74) is 1.50. The molecule has 0 radical (unpaired) electrons. The number of carbonyl (C=O) groups is 1. The normalized spacial score (nSPS) is 29.3. The minimum atomic E-state index is -3.54. The molecule has 4 aliphatic rings. The maximum atomic E-state index is 13.0. The summed E-state index contributed by atoms with van der Waals surface area (Å²) in [6, 6.07) is 15.8. The molecule has 4 saturated carbocycles. The van der Waals surface area contributed by atoms with Gasteiger partial charge in [-0.2, -0.15) is 4.31 Å². The molecule has 0 aromatic heterocycles. The van der Waals surface area contributed by atoms with Crippen molar-refractivity contribution in [3.63, 3.8) is 0 Å². The number of hydrogen-bond acceptors (Lipinski definition) is 3. The summed E-state index contributed by atoms with van der Waals surface area (Å²) in [4.78, 5) is 13.3. The Labute approximate surface area is 184 Å². The van der Waals surface area contributed by atoms with E-state index in [1.807, 2.05) is 24.3 Å². The fraction of sp³-hybridized carbons (Fsp3) is 0.480. The number of amides is 1. The molecule has 2 aromatic carbocycles. The lowest BCUT2D eigenvalue weighted by Gasteiger charge is -2.56. The van der Waals surface area contributed by atoms with Crippen LogP contribution in [0.1, 0.15) is 54.4 Å². The highest BCUT2D eigenvalue weighted by molar-refractivity contribution is 7.89. The first-order valence-corrected chi connectivity index (χ1v) is 12.7. The predicted molar refractivity (Wildman–Crippen MR) is 120 cm³/mol. The van der Waals surface area contributed by atoms with Crippen molar-refractivity contribution < 1.29 is 13.2 Å². The van der Waals surface area contributed by atoms with E-state index in [4.69, 9.17) is 0 Å². The summed E-state index contributed by atoms with van der Waals surface area (Å²) in [6.45, 7) is 0.258. The molecule has 2 aromatic rings. The Balaban J connectivity index is 1.24. The Morgan fingerprint density at radius 2 is 1.48 bits per heavy atom. The van der Waals surface area contributed by atoms with Gasteiger partial charge in [-0.25, -0.2) is 8.42 Å². The number of nitrogens with one attached hydrogen (secondary N) is 1. The molecule has 0 unspecified atom stereocenters. The SMILES string of the molecule is CN(Cc1ccc(C(=O)NC23CC4CC(CC(C4)C2)C3)cc1)S(=O)(=O)c1ccccc1. The number of nitrogens with zero attached hydrogens (tertiary/aromatic N) is 1. The highest BCUT2D eigenvalue weighted by Gasteiger charge is 2.51. The smallest absolute Gasteiger partial charge is 0.251 e. The zero-order chi connectivity index (χ0) is 21.6. The van der Waals surface area contributed by atoms with Crippen LogP contribution in [0.3, 0.4) is 0 Å². The summed E-state index contributed by atoms with van der Waals surface area (Å²) < 4.78 is 26.8. The summed E-state index contributed by atoms with van der Waals surface area (Å²) in [5.74, 6) is 2.36. The van der Waals surface area contributed by atoms with Gasteiger partial charge < -0.3 is 5.32 Å². The van der Waals surface area contributed by atoms with Crippen molar-refractivity contribution in [2.24, 2.45) is 17.8 Å². The van der Waals surface area contributed by atoms with Gasteiger partial charge in [-0.1, -0.05) is 30.3 Å². The number of hydrogen-bond donors (Lipinski definition) is 1. The third-order valence-electron chi connectivity index (χ3n) is 7.49. The van der Waals surface area contributed by atoms with Gasteiger partial charge in [0, 0.05) is 24.7 Å². The van der Waals surface area contributed by atoms with Crippen molar-refractivity contribution in [3.8, 4) is 0 Å². The summed E-state index contributed by atoms with van der Waals surface area (Å²) in [7, 11) is -1.96. The van der Waals surface area contributed by atoms with Crippen LogP contribution in [0, 0.1) is 17.8 Å². The first-order valence-electron chi connectivity index (χ1n) is 11.3. The first kappa shape index (κ1) is 20.7. The molecule has 0 saturated heterocycles. The van der Waals surface area contributed by atoms with Crippen LogP contribution < -0.4 is 5.32 Å². The standard InChI is InChI=1S/C25H30N2O3S/c1-27(31(29,30)23-5-3-2-4-6-23)17-18-7-9-22(10-8-18)24(28)26-25-14-19-11-20(15-25)13-21(12-19)16-25/h2-10,19-21H,11-17H2,1H3,(H,26,28). The Kier molecular flexibility index (Phi) is 5.18. The van der Waals surface area contributed by atoms with Crippen LogP contribution in [0.15, 0.2) is 59.5 Å². The van der Waals surface area contributed by atoms with E-state index in [1.165, 1.54) is 23.6 Å². The number of benzene rings is 2. The quantitative estimate of drug-likeness (QED) is 0.735. The molecule has 4 bridgehead atoms. The Morgan fingerprint density at radius 3 is 2.03 bits per heavy atom. The van der Waals surface area contributed by atoms with Gasteiger partial charge in [0.05, 0.1) is 4.90 Å². The molecule has 0 spiro atoms. The van der Waals surface area contributed by atoms with E-state index in [0.29, 0.717) is 5.56 Å². The average molecular weight is 439 g/mol. The van der Waals surface area contributed by atoms with Crippen LogP contribution in [0.4, 0.5) is 0 Å². The monoisotopic (exact) mass is 438 g/mol. The molecule has 0 aliphatic heterocycles. The van der Waals surface area contributed by atoms with Crippen LogP contribution >= 0.6 is 0 Å². The Bertz CT molecular complexity index is 1030. The van der Waals surface area contributed by atoms with Gasteiger partial charge in [0.2, 0.25) is 10.0 Å². The van der Waals surface area contributed by atoms with E-state index in [0.717, 1.165) is 42.6 Å². The second kappa shape index (κ2) is 7.75. The molecule has 6 heteroatoms. The van der Waals surface area contributed by atoms with Crippen molar-refractivity contribution >= 4 is 15.9 Å². The second-order valence-electron chi connectivity index (χ2n) is 9.92. The molecule has 5 nitrogen and oxygen atoms in total. The molecular formula is C25H30N2O3S. The minimum Gasteiger partial charge on any atom is -0.347 e. The lowest BCUT2D eigenvalue weighted by Crippen LogP contribution is -2.59. The fourth-order valence-electron chi connectivity index (χ4n) is 6.45. The molecule has 164 valence electrons. The highest BCUT2D eigenvalue weighted by atomic mass is 32.2. The van der Waals surface area contributed by atoms with Gasteiger partial charge in [-0.3, -0.25) is 4.79 Å². The fourth-order valence-corrected chi connectivity index (χ4v) is 7.63. The second-order valence-corrected chi connectivity index (χ2v) is 12.0. The lowest BCUT2D eigenvalue weighted by molar-refractivity contribution is -0.0167. The van der Waals surface area contributed by atoms with E-state index >= 15 is 0 Å². The van der Waals surface area contributed by atoms with Crippen LogP contribution in [-0.2, 0) is 16.6 Å². The van der Waals surface area contributed by atoms with E-state index in [1.54, 1.807) is 37.4 Å². The van der Waals surface area contributed by atoms with Gasteiger partial charge in [-0.05, 0) is 86.1 Å². The maximum Gasteiger partial charge on any atom is 0.251 e. The van der Waals surface area contributed by atoms with Crippen molar-refractivity contribution in [3.05, 3.63) is 65.7 Å². The topological polar surface area (TPSA) is 66.5 Å². The maximum absolute atomic E-state index is 13.0. The van der Waals surface area contributed by atoms with Crippen LogP contribution in [-0.4, -0.2) is 31.2 Å². The zero-order valence-electron chi connectivity index (χ0n) is 18.0. The van der Waals surface area contributed by atoms with Gasteiger partial charge in [0.1, 0.15) is 0 Å². The van der Waals surface area contributed by atoms with Crippen molar-refractivity contribution in [1.82, 2.24) is 9.62 Å². The molecule has 1 amide bonds. The van der Waals surface area contributed by atoms with Crippen molar-refractivity contribution in [2.45, 2.75) is 55.5 Å². The van der Waals surface area contributed by atoms with Crippen LogP contribution in [0.2, 0.25) is 0 Å². The predicted octanol–water partition coefficient (Wildman–Crippen LogP) is 4.21. The Morgan fingerprint density at radius 1 is 0.935 bits per heavy atom. The van der Waals surface area contributed by atoms with Crippen LogP contribution in [0.5, 0.6) is 0 Å². The molecule has 4 fully saturated rings. The Hall–Kier alpha value is -2.18. The molecule has 4 aliphatic carbocycles. The number of carbonyl (C=O) groups excluding carboxylic acids is 1. The van der Waals surface area contributed by atoms with Crippen molar-refractivity contribution in [2.75, 3.05) is 7.05 Å². The highest BCUT2D eigenvalue weighted by Crippen LogP contribution is 2.55. The van der Waals surface area contributed by atoms with Gasteiger partial charge in [-0.15, -0.1) is 0 Å². The third kappa shape index (κ3) is 4.03. The van der Waals surface area contributed by atoms with Gasteiger partial charge in [0.25, 0.3) is 5.91 Å². The number of rotatable bonds is 6. The van der Waals surface area contributed by atoms with E-state index < -0.39 is 10.0 Å². The molecule has 1 N–H and O–H groups in total. The summed E-state index contributed by atoms with van der Waals surface area (Å²) in [6.07, 6.45) is 7.44. The average Bonchev–Trinajstić information content (AvgIpc) is 2.73. The van der Waals surface area contributed by atoms with Gasteiger partial charge in [0.15, 0.2) is 0 Å². The molecule has 0 atom stereocenters. The largest absolute Gasteiger partial charge is 0.347 e. The van der Waals surface area contributed by atoms with E-state index in [2.05, 4.69) is 5.32 Å². The molecule has 31 heavy (non-hydrogen) atoms. The zero-order valence-corrected chi connectivity index (χ0v) is 18.8. The summed E-state index contributed by atoms with van der Waals surface area (Å²) in [5, 5.41) is 3.40. The van der Waals surface area contributed by atoms with E-state index in [-0.39, 0.29) is 22.9 Å². The first-order chi connectivity index (χ1) is 14.8.